The molecule has 17 heavy (non-hydrogen) atoms. The van der Waals surface area contributed by atoms with Crippen LogP contribution in [-0.2, 0) is 6.54 Å². The predicted molar refractivity (Wildman–Crippen MR) is 59.0 cm³/mol. The Morgan fingerprint density at radius 1 is 1.29 bits per heavy atom. The minimum atomic E-state index is -2.79. The van der Waals surface area contributed by atoms with E-state index in [2.05, 4.69) is 20.0 Å². The van der Waals surface area contributed by atoms with Crippen LogP contribution in [0.3, 0.4) is 0 Å². The van der Waals surface area contributed by atoms with Crippen LogP contribution in [0.1, 0.15) is 5.69 Å². The highest BCUT2D eigenvalue weighted by Crippen LogP contribution is 2.17. The number of hydrogen-bond donors (Lipinski definition) is 2. The van der Waals surface area contributed by atoms with Crippen LogP contribution in [0.25, 0.3) is 0 Å². The van der Waals surface area contributed by atoms with Gasteiger partial charge in [-0.25, -0.2) is 4.98 Å². The fourth-order valence-corrected chi connectivity index (χ4v) is 1.33. The van der Waals surface area contributed by atoms with E-state index >= 15 is 0 Å². The van der Waals surface area contributed by atoms with Gasteiger partial charge >= 0.3 is 6.61 Å². The van der Waals surface area contributed by atoms with Crippen LogP contribution in [0.15, 0.2) is 36.8 Å². The second-order valence-corrected chi connectivity index (χ2v) is 3.33. The van der Waals surface area contributed by atoms with Gasteiger partial charge in [0.1, 0.15) is 5.75 Å². The number of halogens is 2. The first kappa shape index (κ1) is 11.4. The lowest BCUT2D eigenvalue weighted by Crippen LogP contribution is -2.02. The van der Waals surface area contributed by atoms with Crippen molar-refractivity contribution in [2.24, 2.45) is 0 Å². The highest BCUT2D eigenvalue weighted by Gasteiger charge is 2.03. The van der Waals surface area contributed by atoms with Crippen LogP contribution in [-0.4, -0.2) is 16.6 Å². The van der Waals surface area contributed by atoms with Gasteiger partial charge < -0.3 is 15.0 Å². The third-order valence-corrected chi connectivity index (χ3v) is 2.12. The van der Waals surface area contributed by atoms with Gasteiger partial charge in [0.15, 0.2) is 0 Å². The van der Waals surface area contributed by atoms with Gasteiger partial charge in [-0.15, -0.1) is 0 Å². The first-order valence-electron chi connectivity index (χ1n) is 5.00. The minimum Gasteiger partial charge on any atom is -0.435 e. The topological polar surface area (TPSA) is 49.9 Å². The number of aromatic nitrogens is 2. The summed E-state index contributed by atoms with van der Waals surface area (Å²) in [4.78, 5) is 6.83. The van der Waals surface area contributed by atoms with Crippen LogP contribution < -0.4 is 10.1 Å². The monoisotopic (exact) mass is 239 g/mol. The van der Waals surface area contributed by atoms with Gasteiger partial charge in [-0.1, -0.05) is 0 Å². The molecular weight excluding hydrogens is 228 g/mol. The van der Waals surface area contributed by atoms with E-state index in [1.54, 1.807) is 24.7 Å². The van der Waals surface area contributed by atoms with Gasteiger partial charge in [-0.3, -0.25) is 0 Å². The van der Waals surface area contributed by atoms with E-state index in [-0.39, 0.29) is 5.75 Å². The zero-order chi connectivity index (χ0) is 12.1. The van der Waals surface area contributed by atoms with E-state index < -0.39 is 6.61 Å². The Bertz CT molecular complexity index is 442. The number of ether oxygens (including phenoxy) is 1. The van der Waals surface area contributed by atoms with Crippen molar-refractivity contribution >= 4 is 5.69 Å². The summed E-state index contributed by atoms with van der Waals surface area (Å²) in [5, 5.41) is 3.11. The summed E-state index contributed by atoms with van der Waals surface area (Å²) in [6.45, 7) is -2.20. The SMILES string of the molecule is FC(F)Oc1ccc(NCc2cnc[nH]2)cc1. The van der Waals surface area contributed by atoms with Crippen molar-refractivity contribution in [3.63, 3.8) is 0 Å². The smallest absolute Gasteiger partial charge is 0.387 e. The molecule has 0 saturated heterocycles. The van der Waals surface area contributed by atoms with Gasteiger partial charge in [0.05, 0.1) is 18.6 Å². The molecule has 0 radical (unpaired) electrons. The quantitative estimate of drug-likeness (QED) is 0.843. The Kier molecular flexibility index (Phi) is 3.54. The van der Waals surface area contributed by atoms with Gasteiger partial charge in [-0.05, 0) is 24.3 Å². The number of H-pyrrole nitrogens is 1. The first-order valence-corrected chi connectivity index (χ1v) is 5.00. The highest BCUT2D eigenvalue weighted by molar-refractivity contribution is 5.46. The molecule has 0 spiro atoms. The van der Waals surface area contributed by atoms with Crippen LogP contribution in [0.2, 0.25) is 0 Å². The molecule has 0 aliphatic carbocycles. The standard InChI is InChI=1S/C11H11F2N3O/c12-11(13)17-10-3-1-8(2-4-10)15-6-9-5-14-7-16-9/h1-5,7,11,15H,6H2,(H,14,16). The lowest BCUT2D eigenvalue weighted by Gasteiger charge is -2.07. The van der Waals surface area contributed by atoms with Crippen molar-refractivity contribution in [3.05, 3.63) is 42.5 Å². The summed E-state index contributed by atoms with van der Waals surface area (Å²) in [5.74, 6) is 0.145. The number of anilines is 1. The number of rotatable bonds is 5. The third kappa shape index (κ3) is 3.44. The molecule has 0 fully saturated rings. The summed E-state index contributed by atoms with van der Waals surface area (Å²) < 4.78 is 28.1. The highest BCUT2D eigenvalue weighted by atomic mass is 19.3. The maximum absolute atomic E-state index is 11.9. The average Bonchev–Trinajstić information content (AvgIpc) is 2.80. The molecule has 0 atom stereocenters. The summed E-state index contributed by atoms with van der Waals surface area (Å²) >= 11 is 0. The number of aromatic amines is 1. The Balaban J connectivity index is 1.89. The Morgan fingerprint density at radius 3 is 2.65 bits per heavy atom. The summed E-state index contributed by atoms with van der Waals surface area (Å²) in [6.07, 6.45) is 3.30. The number of nitrogens with zero attached hydrogens (tertiary/aromatic N) is 1. The van der Waals surface area contributed by atoms with E-state index in [1.807, 2.05) is 0 Å². The van der Waals surface area contributed by atoms with Crippen molar-refractivity contribution in [2.75, 3.05) is 5.32 Å². The first-order chi connectivity index (χ1) is 8.24. The maximum atomic E-state index is 11.9. The largest absolute Gasteiger partial charge is 0.435 e. The summed E-state index contributed by atoms with van der Waals surface area (Å²) in [7, 11) is 0. The maximum Gasteiger partial charge on any atom is 0.387 e. The Morgan fingerprint density at radius 2 is 2.06 bits per heavy atom. The zero-order valence-corrected chi connectivity index (χ0v) is 8.86. The normalized spacial score (nSPS) is 10.5. The molecule has 0 saturated carbocycles. The Labute approximate surface area is 96.6 Å². The van der Waals surface area contributed by atoms with Crippen LogP contribution in [0.5, 0.6) is 5.75 Å². The second kappa shape index (κ2) is 5.29. The van der Waals surface area contributed by atoms with Crippen molar-refractivity contribution in [3.8, 4) is 5.75 Å². The van der Waals surface area contributed by atoms with E-state index in [4.69, 9.17) is 0 Å². The zero-order valence-electron chi connectivity index (χ0n) is 8.86. The van der Waals surface area contributed by atoms with E-state index in [1.165, 1.54) is 12.1 Å². The lowest BCUT2D eigenvalue weighted by atomic mass is 10.3. The molecule has 1 aromatic heterocycles. The average molecular weight is 239 g/mol. The number of alkyl halides is 2. The third-order valence-electron chi connectivity index (χ3n) is 2.12. The molecule has 0 bridgehead atoms. The fraction of sp³-hybridized carbons (Fsp3) is 0.182. The number of hydrogen-bond acceptors (Lipinski definition) is 3. The van der Waals surface area contributed by atoms with Gasteiger partial charge in [-0.2, -0.15) is 8.78 Å². The molecule has 2 aromatic rings. The molecule has 2 rings (SSSR count). The number of benzene rings is 1. The van der Waals surface area contributed by atoms with Gasteiger partial charge in [0, 0.05) is 11.9 Å². The molecule has 1 aromatic carbocycles. The molecule has 2 N–H and O–H groups in total. The molecule has 0 aliphatic rings. The molecular formula is C11H11F2N3O. The molecule has 4 nitrogen and oxygen atoms in total. The van der Waals surface area contributed by atoms with Crippen molar-refractivity contribution in [1.82, 2.24) is 9.97 Å². The predicted octanol–water partition coefficient (Wildman–Crippen LogP) is 2.62. The lowest BCUT2D eigenvalue weighted by molar-refractivity contribution is -0.0498. The summed E-state index contributed by atoms with van der Waals surface area (Å²) in [5.41, 5.74) is 1.76. The molecule has 6 heteroatoms. The van der Waals surface area contributed by atoms with E-state index in [9.17, 15) is 8.78 Å². The number of nitrogens with one attached hydrogen (secondary N) is 2. The molecule has 0 amide bonds. The van der Waals surface area contributed by atoms with Crippen molar-refractivity contribution < 1.29 is 13.5 Å². The van der Waals surface area contributed by atoms with Crippen LogP contribution in [0, 0.1) is 0 Å². The van der Waals surface area contributed by atoms with Crippen LogP contribution >= 0.6 is 0 Å². The summed E-state index contributed by atoms with van der Waals surface area (Å²) in [6, 6.07) is 6.32. The van der Waals surface area contributed by atoms with Crippen molar-refractivity contribution in [1.29, 1.82) is 0 Å². The van der Waals surface area contributed by atoms with Crippen LogP contribution in [0.4, 0.5) is 14.5 Å². The van der Waals surface area contributed by atoms with Gasteiger partial charge in [0.25, 0.3) is 0 Å². The van der Waals surface area contributed by atoms with E-state index in [0.717, 1.165) is 11.4 Å². The van der Waals surface area contributed by atoms with Crippen molar-refractivity contribution in [2.45, 2.75) is 13.2 Å². The van der Waals surface area contributed by atoms with E-state index in [0.29, 0.717) is 6.54 Å². The number of imidazole rings is 1. The second-order valence-electron chi connectivity index (χ2n) is 3.33. The Hall–Kier alpha value is -2.11. The molecule has 0 unspecified atom stereocenters. The molecule has 0 aliphatic heterocycles. The van der Waals surface area contributed by atoms with Gasteiger partial charge in [0.2, 0.25) is 0 Å². The molecule has 90 valence electrons. The minimum absolute atomic E-state index is 0.145. The molecule has 1 heterocycles. The fourth-order valence-electron chi connectivity index (χ4n) is 1.33.